The number of aryl methyl sites for hydroxylation is 1. The van der Waals surface area contributed by atoms with Crippen LogP contribution < -0.4 is 20.3 Å². The third kappa shape index (κ3) is 10.2. The number of likely N-dealkylation sites (tertiary alicyclic amines) is 1. The van der Waals surface area contributed by atoms with E-state index in [1.807, 2.05) is 85.4 Å². The highest BCUT2D eigenvalue weighted by atomic mass is 32.1. The Hall–Kier alpha value is -6.97. The Morgan fingerprint density at radius 1 is 0.877 bits per heavy atom. The Balaban J connectivity index is 0.666. The van der Waals surface area contributed by atoms with Gasteiger partial charge in [-0.1, -0.05) is 72.7 Å². The number of carboxylic acid groups (broad SMARTS) is 1. The molecular formula is C58H62N8O6S. The molecule has 0 bridgehead atoms. The average Bonchev–Trinajstić information content (AvgIpc) is 3.97. The number of rotatable bonds is 14. The van der Waals surface area contributed by atoms with E-state index in [9.17, 15) is 24.3 Å². The maximum absolute atomic E-state index is 13.7. The van der Waals surface area contributed by atoms with Gasteiger partial charge >= 0.3 is 5.97 Å². The van der Waals surface area contributed by atoms with Crippen molar-refractivity contribution >= 4 is 67.1 Å². The molecule has 3 aromatic heterocycles. The van der Waals surface area contributed by atoms with E-state index in [1.165, 1.54) is 42.6 Å². The molecule has 1 saturated carbocycles. The number of thiazole rings is 1. The molecule has 3 amide bonds. The van der Waals surface area contributed by atoms with Gasteiger partial charge in [0, 0.05) is 49.6 Å². The lowest BCUT2D eigenvalue weighted by Gasteiger charge is -2.33. The number of aromatic nitrogens is 4. The summed E-state index contributed by atoms with van der Waals surface area (Å²) >= 11 is 1.44. The van der Waals surface area contributed by atoms with Crippen LogP contribution in [0.5, 0.6) is 5.75 Å². The van der Waals surface area contributed by atoms with Crippen LogP contribution in [0.3, 0.4) is 0 Å². The molecule has 3 aliphatic heterocycles. The highest BCUT2D eigenvalue weighted by molar-refractivity contribution is 7.22. The first kappa shape index (κ1) is 48.3. The molecule has 14 nitrogen and oxygen atoms in total. The molecule has 3 N–H and O–H groups in total. The quantitative estimate of drug-likeness (QED) is 0.0699. The lowest BCUT2D eigenvalue weighted by atomic mass is 9.84. The molecule has 11 rings (SSSR count). The van der Waals surface area contributed by atoms with Gasteiger partial charge in [0.15, 0.2) is 10.8 Å². The minimum Gasteiger partial charge on any atom is -0.490 e. The number of hydrogen-bond acceptors (Lipinski definition) is 11. The van der Waals surface area contributed by atoms with Crippen LogP contribution in [0.15, 0.2) is 91.0 Å². The molecule has 73 heavy (non-hydrogen) atoms. The van der Waals surface area contributed by atoms with Crippen molar-refractivity contribution in [1.82, 2.24) is 30.0 Å². The zero-order valence-corrected chi connectivity index (χ0v) is 42.4. The van der Waals surface area contributed by atoms with Crippen molar-refractivity contribution < 1.29 is 29.0 Å². The standard InChI is InChI=1S/C58H62N8O6S/c1-35-41(42-24-26-51(60-54(42)57(70)71)66-31-28-37-11-7-14-43(46(37)34-66)55(68)62-58-59-47-15-3-4-17-50(47)73-58)13-8-16-49(35)72-40-21-18-36(19-22-40)10-5-6-29-65-30-9-12-39(33-65)38-20-23-44-48(32-38)64(2)63-53(44)45-25-27-52(67)61-56(45)69/h3-4,7-8,11,13-17,20,23-24,26,32,36,39-40,45H,5-6,9-10,12,18-19,21-22,25,27-31,33-34H2,1-2H3,(H,70,71)(H,59,62,68)(H,61,67,69)/t36?,39-,40?,45?/m0/s1. The number of carbonyl (C=O) groups is 4. The minimum absolute atomic E-state index is 0.0166. The number of hydrogen-bond donors (Lipinski definition) is 3. The highest BCUT2D eigenvalue weighted by Crippen LogP contribution is 2.39. The van der Waals surface area contributed by atoms with Crippen LogP contribution in [0.2, 0.25) is 0 Å². The number of para-hydroxylation sites is 1. The van der Waals surface area contributed by atoms with E-state index in [0.29, 0.717) is 66.3 Å². The van der Waals surface area contributed by atoms with Gasteiger partial charge in [0.1, 0.15) is 11.6 Å². The van der Waals surface area contributed by atoms with Crippen molar-refractivity contribution in [1.29, 1.82) is 0 Å². The first-order valence-corrected chi connectivity index (χ1v) is 26.9. The average molecular weight is 999 g/mol. The van der Waals surface area contributed by atoms with E-state index in [0.717, 1.165) is 107 Å². The predicted molar refractivity (Wildman–Crippen MR) is 285 cm³/mol. The fourth-order valence-electron chi connectivity index (χ4n) is 11.9. The van der Waals surface area contributed by atoms with E-state index in [-0.39, 0.29) is 29.5 Å². The third-order valence-electron chi connectivity index (χ3n) is 15.9. The molecule has 1 unspecified atom stereocenters. The zero-order valence-electron chi connectivity index (χ0n) is 41.6. The van der Waals surface area contributed by atoms with Gasteiger partial charge in [-0.2, -0.15) is 5.10 Å². The fourth-order valence-corrected chi connectivity index (χ4v) is 12.8. The predicted octanol–water partition coefficient (Wildman–Crippen LogP) is 10.6. The molecule has 3 fully saturated rings. The number of fused-ring (bicyclic) bond motifs is 3. The summed E-state index contributed by atoms with van der Waals surface area (Å²) in [6, 6.07) is 29.8. The number of pyridine rings is 1. The summed E-state index contributed by atoms with van der Waals surface area (Å²) in [5.41, 5.74) is 8.74. The molecule has 4 aliphatic rings. The largest absolute Gasteiger partial charge is 0.490 e. The SMILES string of the molecule is Cc1c(OC2CCC(CCCCN3CCC[C@H](c4ccc5c(C6CCC(=O)NC6=O)nn(C)c5c4)C3)CC2)cccc1-c1ccc(N2CCc3cccc(C(=O)Nc4nc5ccccc5s4)c3C2)nc1C(=O)O. The van der Waals surface area contributed by atoms with Crippen LogP contribution in [0.25, 0.3) is 32.2 Å². The smallest absolute Gasteiger partial charge is 0.355 e. The molecule has 2 atom stereocenters. The van der Waals surface area contributed by atoms with Gasteiger partial charge in [-0.3, -0.25) is 29.7 Å². The number of carboxylic acids is 1. The zero-order chi connectivity index (χ0) is 50.2. The molecule has 0 spiro atoms. The van der Waals surface area contributed by atoms with Crippen molar-refractivity contribution in [2.75, 3.05) is 36.4 Å². The summed E-state index contributed by atoms with van der Waals surface area (Å²) in [5, 5.41) is 22.3. The lowest BCUT2D eigenvalue weighted by Crippen LogP contribution is -2.39. The molecule has 15 heteroatoms. The summed E-state index contributed by atoms with van der Waals surface area (Å²) in [5.74, 6) is 0.305. The normalized spacial score (nSPS) is 20.5. The fraction of sp³-hybridized carbons (Fsp3) is 0.397. The number of imide groups is 1. The number of benzene rings is 4. The number of amides is 3. The molecule has 1 aliphatic carbocycles. The summed E-state index contributed by atoms with van der Waals surface area (Å²) < 4.78 is 9.59. The van der Waals surface area contributed by atoms with Gasteiger partial charge in [-0.15, -0.1) is 0 Å². The maximum atomic E-state index is 13.7. The molecule has 6 heterocycles. The topological polar surface area (TPSA) is 172 Å². The van der Waals surface area contributed by atoms with Crippen LogP contribution in [0.1, 0.15) is 131 Å². The molecule has 2 saturated heterocycles. The molecule has 376 valence electrons. The molecular weight excluding hydrogens is 937 g/mol. The van der Waals surface area contributed by atoms with Crippen molar-refractivity contribution in [3.05, 3.63) is 130 Å². The number of carbonyl (C=O) groups excluding carboxylic acids is 3. The van der Waals surface area contributed by atoms with Gasteiger partial charge in [0.05, 0.1) is 33.4 Å². The van der Waals surface area contributed by atoms with Crippen molar-refractivity contribution in [3.63, 3.8) is 0 Å². The lowest BCUT2D eigenvalue weighted by molar-refractivity contribution is -0.134. The van der Waals surface area contributed by atoms with E-state index >= 15 is 0 Å². The minimum atomic E-state index is -1.10. The Morgan fingerprint density at radius 2 is 1.73 bits per heavy atom. The number of nitrogens with zero attached hydrogens (tertiary/aromatic N) is 6. The monoisotopic (exact) mass is 998 g/mol. The van der Waals surface area contributed by atoms with Gasteiger partial charge in [-0.05, 0) is 160 Å². The van der Waals surface area contributed by atoms with Crippen molar-refractivity contribution in [3.8, 4) is 16.9 Å². The second kappa shape index (κ2) is 20.9. The van der Waals surface area contributed by atoms with Crippen LogP contribution >= 0.6 is 11.3 Å². The number of anilines is 2. The second-order valence-electron chi connectivity index (χ2n) is 20.5. The Kier molecular flexibility index (Phi) is 13.8. The number of unbranched alkanes of at least 4 members (excludes halogenated alkanes) is 1. The molecule has 4 aromatic carbocycles. The second-order valence-corrected chi connectivity index (χ2v) is 21.6. The van der Waals surface area contributed by atoms with Gasteiger partial charge in [0.25, 0.3) is 5.91 Å². The Bertz CT molecular complexity index is 3220. The number of ether oxygens (including phenoxy) is 1. The Labute approximate surface area is 429 Å². The first-order valence-electron chi connectivity index (χ1n) is 26.1. The van der Waals surface area contributed by atoms with Gasteiger partial charge < -0.3 is 19.6 Å². The van der Waals surface area contributed by atoms with Gasteiger partial charge in [0.2, 0.25) is 11.8 Å². The highest BCUT2D eigenvalue weighted by Gasteiger charge is 2.33. The maximum Gasteiger partial charge on any atom is 0.355 e. The molecule has 7 aromatic rings. The van der Waals surface area contributed by atoms with Crippen molar-refractivity contribution in [2.45, 2.75) is 108 Å². The van der Waals surface area contributed by atoms with Crippen LogP contribution in [0.4, 0.5) is 10.9 Å². The third-order valence-corrected chi connectivity index (χ3v) is 16.8. The summed E-state index contributed by atoms with van der Waals surface area (Å²) in [6.07, 6.45) is 11.9. The Morgan fingerprint density at radius 3 is 2.56 bits per heavy atom. The first-order chi connectivity index (χ1) is 35.5. The number of nitrogens with one attached hydrogen (secondary N) is 2. The molecule has 0 radical (unpaired) electrons. The number of piperidine rings is 2. The van der Waals surface area contributed by atoms with Crippen LogP contribution in [0, 0.1) is 12.8 Å². The number of aromatic carboxylic acids is 1. The van der Waals surface area contributed by atoms with E-state index in [2.05, 4.69) is 49.7 Å². The summed E-state index contributed by atoms with van der Waals surface area (Å²) in [4.78, 5) is 65.0. The van der Waals surface area contributed by atoms with E-state index < -0.39 is 11.9 Å². The van der Waals surface area contributed by atoms with E-state index in [4.69, 9.17) is 14.8 Å². The van der Waals surface area contributed by atoms with Gasteiger partial charge in [-0.25, -0.2) is 14.8 Å². The summed E-state index contributed by atoms with van der Waals surface area (Å²) in [7, 11) is 1.94. The van der Waals surface area contributed by atoms with E-state index in [1.54, 1.807) is 0 Å². The van der Waals surface area contributed by atoms with Crippen LogP contribution in [-0.4, -0.2) is 85.7 Å². The van der Waals surface area contributed by atoms with Crippen LogP contribution in [-0.2, 0) is 29.6 Å². The summed E-state index contributed by atoms with van der Waals surface area (Å²) in [6.45, 7) is 6.36. The van der Waals surface area contributed by atoms with Crippen molar-refractivity contribution in [2.24, 2.45) is 13.0 Å².